The molecule has 1 aliphatic heterocycles. The van der Waals surface area contributed by atoms with Crippen LogP contribution >= 0.6 is 11.6 Å². The zero-order chi connectivity index (χ0) is 14.5. The lowest BCUT2D eigenvalue weighted by Crippen LogP contribution is -2.44. The normalized spacial score (nSPS) is 16.2. The predicted octanol–water partition coefficient (Wildman–Crippen LogP) is 2.45. The molecule has 0 atom stereocenters. The first-order valence-electron chi connectivity index (χ1n) is 6.92. The maximum Gasteiger partial charge on any atom is 0.219 e. The molecule has 1 aliphatic rings. The first-order chi connectivity index (χ1) is 9.61. The molecular weight excluding hydrogens is 276 g/mol. The van der Waals surface area contributed by atoms with Gasteiger partial charge in [-0.25, -0.2) is 0 Å². The molecule has 0 saturated carbocycles. The first-order valence-corrected chi connectivity index (χ1v) is 7.30. The third-order valence-electron chi connectivity index (χ3n) is 3.80. The highest BCUT2D eigenvalue weighted by Gasteiger charge is 2.20. The predicted molar refractivity (Wildman–Crippen MR) is 80.1 cm³/mol. The summed E-state index contributed by atoms with van der Waals surface area (Å²) < 4.78 is 5.34. The van der Waals surface area contributed by atoms with Crippen LogP contribution in [0.15, 0.2) is 18.2 Å². The van der Waals surface area contributed by atoms with Gasteiger partial charge in [-0.3, -0.25) is 4.79 Å². The van der Waals surface area contributed by atoms with Crippen LogP contribution in [0.2, 0.25) is 5.02 Å². The molecule has 1 heterocycles. The lowest BCUT2D eigenvalue weighted by molar-refractivity contribution is -0.129. The third kappa shape index (κ3) is 3.64. The summed E-state index contributed by atoms with van der Waals surface area (Å²) in [5, 5.41) is 4.23. The second-order valence-electron chi connectivity index (χ2n) is 5.08. The number of piperidine rings is 1. The Bertz CT molecular complexity index is 471. The van der Waals surface area contributed by atoms with Gasteiger partial charge in [0.25, 0.3) is 0 Å². The molecule has 1 amide bonds. The number of nitrogens with one attached hydrogen (secondary N) is 1. The van der Waals surface area contributed by atoms with Gasteiger partial charge in [-0.2, -0.15) is 0 Å². The highest BCUT2D eigenvalue weighted by Crippen LogP contribution is 2.26. The van der Waals surface area contributed by atoms with Gasteiger partial charge in [0.05, 0.1) is 7.11 Å². The van der Waals surface area contributed by atoms with Gasteiger partial charge in [0, 0.05) is 43.2 Å². The van der Waals surface area contributed by atoms with Crippen molar-refractivity contribution in [3.05, 3.63) is 28.8 Å². The van der Waals surface area contributed by atoms with E-state index < -0.39 is 0 Å². The number of likely N-dealkylation sites (tertiary alicyclic amines) is 1. The number of amides is 1. The second-order valence-corrected chi connectivity index (χ2v) is 5.49. The fraction of sp³-hybridized carbons (Fsp3) is 0.533. The van der Waals surface area contributed by atoms with Crippen LogP contribution in [0.5, 0.6) is 5.75 Å². The minimum Gasteiger partial charge on any atom is -0.496 e. The standard InChI is InChI=1S/C15H21ClN2O2/c1-11(19)18-8-6-12(7-9-18)17-10-13-14(16)4-3-5-15(13)20-2/h3-5,12,17H,6-10H2,1-2H3. The van der Waals surface area contributed by atoms with Crippen molar-refractivity contribution in [3.8, 4) is 5.75 Å². The third-order valence-corrected chi connectivity index (χ3v) is 4.16. The molecular formula is C15H21ClN2O2. The molecule has 0 aliphatic carbocycles. The average Bonchev–Trinajstić information content (AvgIpc) is 2.46. The van der Waals surface area contributed by atoms with Crippen LogP contribution < -0.4 is 10.1 Å². The molecule has 1 aromatic rings. The van der Waals surface area contributed by atoms with Crippen molar-refractivity contribution < 1.29 is 9.53 Å². The maximum absolute atomic E-state index is 11.3. The van der Waals surface area contributed by atoms with Gasteiger partial charge in [0.2, 0.25) is 5.91 Å². The molecule has 1 N–H and O–H groups in total. The Morgan fingerprint density at radius 2 is 2.15 bits per heavy atom. The summed E-state index contributed by atoms with van der Waals surface area (Å²) in [5.41, 5.74) is 0.991. The summed E-state index contributed by atoms with van der Waals surface area (Å²) in [4.78, 5) is 13.2. The zero-order valence-corrected chi connectivity index (χ0v) is 12.7. The Kier molecular flexibility index (Phi) is 5.26. The van der Waals surface area contributed by atoms with E-state index in [1.165, 1.54) is 0 Å². The number of benzene rings is 1. The minimum atomic E-state index is 0.163. The monoisotopic (exact) mass is 296 g/mol. The number of methoxy groups -OCH3 is 1. The molecule has 0 aromatic heterocycles. The van der Waals surface area contributed by atoms with Crippen molar-refractivity contribution in [2.24, 2.45) is 0 Å². The summed E-state index contributed by atoms with van der Waals surface area (Å²) in [6, 6.07) is 6.10. The van der Waals surface area contributed by atoms with Crippen molar-refractivity contribution in [2.45, 2.75) is 32.4 Å². The molecule has 0 unspecified atom stereocenters. The van der Waals surface area contributed by atoms with E-state index in [1.807, 2.05) is 23.1 Å². The number of nitrogens with zero attached hydrogens (tertiary/aromatic N) is 1. The van der Waals surface area contributed by atoms with Crippen molar-refractivity contribution in [3.63, 3.8) is 0 Å². The lowest BCUT2D eigenvalue weighted by atomic mass is 10.0. The van der Waals surface area contributed by atoms with E-state index in [0.29, 0.717) is 12.6 Å². The number of rotatable bonds is 4. The fourth-order valence-electron chi connectivity index (χ4n) is 2.55. The van der Waals surface area contributed by atoms with Crippen LogP contribution in [-0.2, 0) is 11.3 Å². The molecule has 2 rings (SSSR count). The van der Waals surface area contributed by atoms with E-state index in [2.05, 4.69) is 5.32 Å². The molecule has 0 spiro atoms. The Morgan fingerprint density at radius 3 is 2.75 bits per heavy atom. The molecule has 1 saturated heterocycles. The quantitative estimate of drug-likeness (QED) is 0.928. The smallest absolute Gasteiger partial charge is 0.219 e. The number of ether oxygens (including phenoxy) is 1. The maximum atomic E-state index is 11.3. The lowest BCUT2D eigenvalue weighted by Gasteiger charge is -2.32. The summed E-state index contributed by atoms with van der Waals surface area (Å²) in [6.45, 7) is 3.97. The zero-order valence-electron chi connectivity index (χ0n) is 12.0. The van der Waals surface area contributed by atoms with Gasteiger partial charge in [0.1, 0.15) is 5.75 Å². The SMILES string of the molecule is COc1cccc(Cl)c1CNC1CCN(C(C)=O)CC1. The van der Waals surface area contributed by atoms with Crippen molar-refractivity contribution >= 4 is 17.5 Å². The van der Waals surface area contributed by atoms with E-state index in [9.17, 15) is 4.79 Å². The summed E-state index contributed by atoms with van der Waals surface area (Å²) in [5.74, 6) is 0.974. The Labute approximate surface area is 125 Å². The topological polar surface area (TPSA) is 41.6 Å². The highest BCUT2D eigenvalue weighted by molar-refractivity contribution is 6.31. The van der Waals surface area contributed by atoms with Crippen LogP contribution in [0.1, 0.15) is 25.3 Å². The molecule has 0 radical (unpaired) electrons. The van der Waals surface area contributed by atoms with Crippen molar-refractivity contribution in [1.29, 1.82) is 0 Å². The van der Waals surface area contributed by atoms with Crippen LogP contribution in [0.4, 0.5) is 0 Å². The Hall–Kier alpha value is -1.26. The summed E-state index contributed by atoms with van der Waals surface area (Å²) in [6.07, 6.45) is 1.96. The first kappa shape index (κ1) is 15.1. The van der Waals surface area contributed by atoms with Crippen LogP contribution in [0.25, 0.3) is 0 Å². The Balaban J connectivity index is 1.89. The van der Waals surface area contributed by atoms with Crippen LogP contribution in [-0.4, -0.2) is 37.0 Å². The highest BCUT2D eigenvalue weighted by atomic mass is 35.5. The molecule has 1 fully saturated rings. The molecule has 110 valence electrons. The van der Waals surface area contributed by atoms with Gasteiger partial charge in [-0.05, 0) is 25.0 Å². The van der Waals surface area contributed by atoms with E-state index >= 15 is 0 Å². The molecule has 1 aromatic carbocycles. The van der Waals surface area contributed by atoms with E-state index in [0.717, 1.165) is 42.3 Å². The number of hydrogen-bond donors (Lipinski definition) is 1. The number of carbonyl (C=O) groups excluding carboxylic acids is 1. The molecule has 20 heavy (non-hydrogen) atoms. The van der Waals surface area contributed by atoms with Crippen molar-refractivity contribution in [1.82, 2.24) is 10.2 Å². The van der Waals surface area contributed by atoms with Crippen LogP contribution in [0.3, 0.4) is 0 Å². The average molecular weight is 297 g/mol. The second kappa shape index (κ2) is 6.95. The van der Waals surface area contributed by atoms with Gasteiger partial charge >= 0.3 is 0 Å². The van der Waals surface area contributed by atoms with E-state index in [-0.39, 0.29) is 5.91 Å². The van der Waals surface area contributed by atoms with Crippen LogP contribution in [0, 0.1) is 0 Å². The molecule has 5 heteroatoms. The largest absolute Gasteiger partial charge is 0.496 e. The number of halogens is 1. The van der Waals surface area contributed by atoms with Gasteiger partial charge in [-0.15, -0.1) is 0 Å². The van der Waals surface area contributed by atoms with Gasteiger partial charge in [0.15, 0.2) is 0 Å². The fourth-order valence-corrected chi connectivity index (χ4v) is 2.78. The minimum absolute atomic E-state index is 0.163. The van der Waals surface area contributed by atoms with E-state index in [1.54, 1.807) is 14.0 Å². The van der Waals surface area contributed by atoms with E-state index in [4.69, 9.17) is 16.3 Å². The molecule has 0 bridgehead atoms. The van der Waals surface area contributed by atoms with Crippen molar-refractivity contribution in [2.75, 3.05) is 20.2 Å². The Morgan fingerprint density at radius 1 is 1.45 bits per heavy atom. The molecule has 4 nitrogen and oxygen atoms in total. The number of hydrogen-bond acceptors (Lipinski definition) is 3. The summed E-state index contributed by atoms with van der Waals surface area (Å²) >= 11 is 6.22. The number of carbonyl (C=O) groups is 1. The van der Waals surface area contributed by atoms with Gasteiger partial charge < -0.3 is 15.0 Å². The summed E-state index contributed by atoms with van der Waals surface area (Å²) in [7, 11) is 1.65. The van der Waals surface area contributed by atoms with Gasteiger partial charge in [-0.1, -0.05) is 17.7 Å².